The fourth-order valence-corrected chi connectivity index (χ4v) is 5.09. The highest BCUT2D eigenvalue weighted by atomic mass is 127. The number of benzene rings is 1. The molecule has 1 aliphatic heterocycles. The third kappa shape index (κ3) is 3.21. The topological polar surface area (TPSA) is 29.5 Å². The number of ether oxygens (including phenoxy) is 1. The molecule has 0 fully saturated rings. The highest BCUT2D eigenvalue weighted by Gasteiger charge is 2.46. The van der Waals surface area contributed by atoms with Gasteiger partial charge in [0.2, 0.25) is 0 Å². The van der Waals surface area contributed by atoms with E-state index in [1.54, 1.807) is 0 Å². The monoisotopic (exact) mass is 440 g/mol. The van der Waals surface area contributed by atoms with Crippen molar-refractivity contribution in [2.24, 2.45) is 5.92 Å². The van der Waals surface area contributed by atoms with Gasteiger partial charge in [-0.1, -0.05) is 31.4 Å². The molecule has 0 aromatic heterocycles. The fourth-order valence-electron chi connectivity index (χ4n) is 4.37. The lowest BCUT2D eigenvalue weighted by molar-refractivity contribution is 0.00745. The maximum atomic E-state index is 11.0. The van der Waals surface area contributed by atoms with Gasteiger partial charge in [-0.2, -0.15) is 0 Å². The van der Waals surface area contributed by atoms with Gasteiger partial charge in [-0.3, -0.25) is 0 Å². The Morgan fingerprint density at radius 3 is 2.79 bits per heavy atom. The molecule has 3 rings (SSSR count). The second kappa shape index (κ2) is 6.89. The first-order valence-corrected chi connectivity index (χ1v) is 10.3. The smallest absolute Gasteiger partial charge is 0.136 e. The van der Waals surface area contributed by atoms with Crippen LogP contribution in [0.2, 0.25) is 0 Å². The number of phenolic OH excluding ortho intramolecular Hbond substituents is 1. The summed E-state index contributed by atoms with van der Waals surface area (Å²) in [4.78, 5) is 0. The molecule has 2 aliphatic rings. The average Bonchev–Trinajstić information content (AvgIpc) is 2.51. The van der Waals surface area contributed by atoms with E-state index in [4.69, 9.17) is 4.74 Å². The van der Waals surface area contributed by atoms with Crippen LogP contribution in [0, 0.1) is 9.49 Å². The molecular formula is C21H29IO2. The zero-order chi connectivity index (χ0) is 17.5. The Morgan fingerprint density at radius 1 is 1.33 bits per heavy atom. The number of rotatable bonds is 4. The van der Waals surface area contributed by atoms with E-state index in [-0.39, 0.29) is 5.60 Å². The van der Waals surface area contributed by atoms with Gasteiger partial charge in [0.05, 0.1) is 3.57 Å². The van der Waals surface area contributed by atoms with Gasteiger partial charge in [0, 0.05) is 17.4 Å². The van der Waals surface area contributed by atoms with Gasteiger partial charge in [-0.05, 0) is 80.7 Å². The fraction of sp³-hybridized carbons (Fsp3) is 0.619. The van der Waals surface area contributed by atoms with Crippen LogP contribution in [0.1, 0.15) is 76.8 Å². The van der Waals surface area contributed by atoms with Crippen molar-refractivity contribution >= 4 is 22.6 Å². The van der Waals surface area contributed by atoms with Gasteiger partial charge in [-0.25, -0.2) is 0 Å². The van der Waals surface area contributed by atoms with Crippen LogP contribution in [0.25, 0.3) is 0 Å². The standard InChI is InChI=1S/C21H29IO2/c1-5-6-7-8-14-12-17-18(20(23)19(14)22)15-11-13(2)9-10-16(15)21(3,4)24-17/h9,12,15-16,23H,5-8,10-11H2,1-4H3/t15-,16+/m1/s1. The Kier molecular flexibility index (Phi) is 5.19. The summed E-state index contributed by atoms with van der Waals surface area (Å²) in [7, 11) is 0. The minimum Gasteiger partial charge on any atom is -0.506 e. The molecule has 1 N–H and O–H groups in total. The number of phenols is 1. The molecule has 2 atom stereocenters. The molecular weight excluding hydrogens is 411 g/mol. The zero-order valence-electron chi connectivity index (χ0n) is 15.3. The molecule has 24 heavy (non-hydrogen) atoms. The number of hydrogen-bond donors (Lipinski definition) is 1. The summed E-state index contributed by atoms with van der Waals surface area (Å²) in [6.07, 6.45) is 9.05. The quantitative estimate of drug-likeness (QED) is 0.336. The van der Waals surface area contributed by atoms with Crippen molar-refractivity contribution in [2.45, 2.75) is 77.7 Å². The molecule has 132 valence electrons. The second-order valence-electron chi connectivity index (χ2n) is 7.98. The minimum absolute atomic E-state index is 0.186. The molecule has 0 bridgehead atoms. The Balaban J connectivity index is 2.03. The Morgan fingerprint density at radius 2 is 2.08 bits per heavy atom. The molecule has 1 aliphatic carbocycles. The summed E-state index contributed by atoms with van der Waals surface area (Å²) in [5.74, 6) is 2.19. The summed E-state index contributed by atoms with van der Waals surface area (Å²) in [6.45, 7) is 8.83. The van der Waals surface area contributed by atoms with Crippen molar-refractivity contribution < 1.29 is 9.84 Å². The van der Waals surface area contributed by atoms with Crippen LogP contribution in [0.4, 0.5) is 0 Å². The van der Waals surface area contributed by atoms with Crippen LogP contribution in [0.15, 0.2) is 17.7 Å². The lowest BCUT2D eigenvalue weighted by Gasteiger charge is -2.47. The van der Waals surface area contributed by atoms with Gasteiger partial charge >= 0.3 is 0 Å². The maximum Gasteiger partial charge on any atom is 0.136 e. The maximum absolute atomic E-state index is 11.0. The van der Waals surface area contributed by atoms with Crippen molar-refractivity contribution in [3.05, 3.63) is 32.4 Å². The van der Waals surface area contributed by atoms with Crippen molar-refractivity contribution in [2.75, 3.05) is 0 Å². The highest BCUT2D eigenvalue weighted by Crippen LogP contribution is 2.55. The third-order valence-electron chi connectivity index (χ3n) is 5.75. The number of unbranched alkanes of at least 4 members (excludes halogenated alkanes) is 2. The summed E-state index contributed by atoms with van der Waals surface area (Å²) >= 11 is 2.32. The Hall–Kier alpha value is -0.710. The van der Waals surface area contributed by atoms with Crippen molar-refractivity contribution in [3.8, 4) is 11.5 Å². The largest absolute Gasteiger partial charge is 0.506 e. The number of aryl methyl sites for hydroxylation is 1. The second-order valence-corrected chi connectivity index (χ2v) is 9.05. The number of allylic oxidation sites excluding steroid dienone is 2. The van der Waals surface area contributed by atoms with Crippen molar-refractivity contribution in [3.63, 3.8) is 0 Å². The van der Waals surface area contributed by atoms with E-state index in [0.29, 0.717) is 17.6 Å². The molecule has 2 nitrogen and oxygen atoms in total. The Bertz CT molecular complexity index is 660. The van der Waals surface area contributed by atoms with E-state index in [9.17, 15) is 5.11 Å². The summed E-state index contributed by atoms with van der Waals surface area (Å²) in [6, 6.07) is 2.21. The van der Waals surface area contributed by atoms with E-state index in [2.05, 4.69) is 62.4 Å². The molecule has 0 unspecified atom stereocenters. The first kappa shape index (κ1) is 18.1. The first-order chi connectivity index (χ1) is 11.3. The van der Waals surface area contributed by atoms with E-state index < -0.39 is 0 Å². The number of hydrogen-bond acceptors (Lipinski definition) is 2. The van der Waals surface area contributed by atoms with Crippen molar-refractivity contribution in [1.29, 1.82) is 0 Å². The molecule has 0 radical (unpaired) electrons. The van der Waals surface area contributed by atoms with E-state index in [1.165, 1.54) is 30.4 Å². The summed E-state index contributed by atoms with van der Waals surface area (Å²) in [5, 5.41) is 11.0. The lowest BCUT2D eigenvalue weighted by atomic mass is 9.67. The minimum atomic E-state index is -0.186. The van der Waals surface area contributed by atoms with Crippen molar-refractivity contribution in [1.82, 2.24) is 0 Å². The molecule has 3 heteroatoms. The van der Waals surface area contributed by atoms with Crippen LogP contribution in [-0.2, 0) is 6.42 Å². The zero-order valence-corrected chi connectivity index (χ0v) is 17.4. The Labute approximate surface area is 159 Å². The average molecular weight is 440 g/mol. The lowest BCUT2D eigenvalue weighted by Crippen LogP contribution is -2.45. The van der Waals surface area contributed by atoms with Crippen LogP contribution in [0.5, 0.6) is 11.5 Å². The first-order valence-electron chi connectivity index (χ1n) is 9.24. The van der Waals surface area contributed by atoms with E-state index in [1.807, 2.05) is 0 Å². The molecule has 0 amide bonds. The van der Waals surface area contributed by atoms with Gasteiger partial charge in [0.15, 0.2) is 0 Å². The molecule has 0 saturated carbocycles. The molecule has 1 aromatic rings. The van der Waals surface area contributed by atoms with Gasteiger partial charge in [0.1, 0.15) is 17.1 Å². The highest BCUT2D eigenvalue weighted by molar-refractivity contribution is 14.1. The number of fused-ring (bicyclic) bond motifs is 3. The summed E-state index contributed by atoms with van der Waals surface area (Å²) < 4.78 is 7.44. The molecule has 1 heterocycles. The van der Waals surface area contributed by atoms with Crippen LogP contribution < -0.4 is 4.74 Å². The predicted octanol–water partition coefficient (Wildman–Crippen LogP) is 6.34. The van der Waals surface area contributed by atoms with Crippen LogP contribution >= 0.6 is 22.6 Å². The predicted molar refractivity (Wildman–Crippen MR) is 108 cm³/mol. The SMILES string of the molecule is CCCCCc1cc2c(c(O)c1I)[C@@H]1CC(C)=CC[C@@H]1C(C)(C)O2. The van der Waals surface area contributed by atoms with Crippen LogP contribution in [-0.4, -0.2) is 10.7 Å². The number of halogens is 1. The molecule has 0 saturated heterocycles. The molecule has 1 aromatic carbocycles. The molecule has 0 spiro atoms. The summed E-state index contributed by atoms with van der Waals surface area (Å²) in [5.41, 5.74) is 3.53. The third-order valence-corrected chi connectivity index (χ3v) is 6.95. The van der Waals surface area contributed by atoms with Crippen LogP contribution in [0.3, 0.4) is 0 Å². The number of aromatic hydroxyl groups is 1. The van der Waals surface area contributed by atoms with Gasteiger partial charge in [0.25, 0.3) is 0 Å². The normalized spacial score (nSPS) is 24.6. The van der Waals surface area contributed by atoms with E-state index >= 15 is 0 Å². The van der Waals surface area contributed by atoms with Gasteiger partial charge < -0.3 is 9.84 Å². The van der Waals surface area contributed by atoms with Gasteiger partial charge in [-0.15, -0.1) is 0 Å². The van der Waals surface area contributed by atoms with E-state index in [0.717, 1.165) is 34.1 Å².